The largest absolute Gasteiger partial charge is 0.392 e. The maximum absolute atomic E-state index is 9.64. The SMILES string of the molecule is OC1CCCC1c1ccccc1. The van der Waals surface area contributed by atoms with Gasteiger partial charge in [-0.15, -0.1) is 0 Å². The Morgan fingerprint density at radius 1 is 1.08 bits per heavy atom. The number of benzene rings is 1. The number of rotatable bonds is 1. The summed E-state index contributed by atoms with van der Waals surface area (Å²) >= 11 is 0. The minimum absolute atomic E-state index is 0.104. The average molecular weight is 162 g/mol. The maximum Gasteiger partial charge on any atom is 0.0608 e. The second-order valence-corrected chi connectivity index (χ2v) is 3.52. The third-order valence-electron chi connectivity index (χ3n) is 2.71. The zero-order chi connectivity index (χ0) is 8.39. The van der Waals surface area contributed by atoms with Crippen LogP contribution >= 0.6 is 0 Å². The van der Waals surface area contributed by atoms with E-state index in [4.69, 9.17) is 0 Å². The lowest BCUT2D eigenvalue weighted by Gasteiger charge is -2.13. The first-order chi connectivity index (χ1) is 5.88. The number of aliphatic hydroxyl groups is 1. The lowest BCUT2D eigenvalue weighted by Crippen LogP contribution is -2.10. The van der Waals surface area contributed by atoms with Crippen molar-refractivity contribution in [2.45, 2.75) is 31.3 Å². The molecule has 12 heavy (non-hydrogen) atoms. The first kappa shape index (κ1) is 7.81. The highest BCUT2D eigenvalue weighted by molar-refractivity contribution is 5.21. The molecule has 2 atom stereocenters. The summed E-state index contributed by atoms with van der Waals surface area (Å²) in [6.45, 7) is 0. The van der Waals surface area contributed by atoms with Crippen LogP contribution in [-0.4, -0.2) is 11.2 Å². The van der Waals surface area contributed by atoms with Crippen molar-refractivity contribution in [3.8, 4) is 0 Å². The van der Waals surface area contributed by atoms with Crippen molar-refractivity contribution in [3.63, 3.8) is 0 Å². The van der Waals surface area contributed by atoms with E-state index in [1.165, 1.54) is 12.0 Å². The third kappa shape index (κ3) is 1.37. The third-order valence-corrected chi connectivity index (χ3v) is 2.71. The van der Waals surface area contributed by atoms with Gasteiger partial charge in [0.25, 0.3) is 0 Å². The lowest BCUT2D eigenvalue weighted by molar-refractivity contribution is 0.164. The van der Waals surface area contributed by atoms with Crippen LogP contribution in [0.5, 0.6) is 0 Å². The van der Waals surface area contributed by atoms with Gasteiger partial charge in [0, 0.05) is 5.92 Å². The summed E-state index contributed by atoms with van der Waals surface area (Å²) in [4.78, 5) is 0. The minimum Gasteiger partial charge on any atom is -0.392 e. The van der Waals surface area contributed by atoms with E-state index in [-0.39, 0.29) is 6.10 Å². The molecule has 0 aliphatic heterocycles. The van der Waals surface area contributed by atoms with E-state index in [9.17, 15) is 5.11 Å². The molecule has 1 saturated carbocycles. The molecular formula is C11H14O. The molecule has 1 aliphatic rings. The van der Waals surface area contributed by atoms with Crippen molar-refractivity contribution in [3.05, 3.63) is 35.9 Å². The van der Waals surface area contributed by atoms with Crippen molar-refractivity contribution in [1.29, 1.82) is 0 Å². The molecule has 2 unspecified atom stereocenters. The molecule has 2 rings (SSSR count). The van der Waals surface area contributed by atoms with Crippen LogP contribution in [0.25, 0.3) is 0 Å². The predicted molar refractivity (Wildman–Crippen MR) is 49.0 cm³/mol. The van der Waals surface area contributed by atoms with E-state index in [0.29, 0.717) is 5.92 Å². The highest BCUT2D eigenvalue weighted by Gasteiger charge is 2.25. The second kappa shape index (κ2) is 3.28. The molecule has 64 valence electrons. The molecule has 1 aliphatic carbocycles. The highest BCUT2D eigenvalue weighted by Crippen LogP contribution is 2.34. The van der Waals surface area contributed by atoms with Crippen LogP contribution in [0, 0.1) is 0 Å². The molecule has 1 nitrogen and oxygen atoms in total. The van der Waals surface area contributed by atoms with Gasteiger partial charge in [0.1, 0.15) is 0 Å². The zero-order valence-corrected chi connectivity index (χ0v) is 7.11. The quantitative estimate of drug-likeness (QED) is 0.672. The van der Waals surface area contributed by atoms with Gasteiger partial charge in [-0.1, -0.05) is 36.8 Å². The van der Waals surface area contributed by atoms with Crippen molar-refractivity contribution < 1.29 is 5.11 Å². The van der Waals surface area contributed by atoms with Gasteiger partial charge >= 0.3 is 0 Å². The van der Waals surface area contributed by atoms with Gasteiger partial charge in [0.15, 0.2) is 0 Å². The van der Waals surface area contributed by atoms with Gasteiger partial charge < -0.3 is 5.11 Å². The summed E-state index contributed by atoms with van der Waals surface area (Å²) in [5.41, 5.74) is 1.29. The monoisotopic (exact) mass is 162 g/mol. The topological polar surface area (TPSA) is 20.2 Å². The highest BCUT2D eigenvalue weighted by atomic mass is 16.3. The fourth-order valence-corrected chi connectivity index (χ4v) is 2.03. The van der Waals surface area contributed by atoms with Gasteiger partial charge in [-0.05, 0) is 18.4 Å². The molecule has 1 fully saturated rings. The number of hydrogen-bond donors (Lipinski definition) is 1. The summed E-state index contributed by atoms with van der Waals surface area (Å²) in [6.07, 6.45) is 3.18. The smallest absolute Gasteiger partial charge is 0.0608 e. The number of aliphatic hydroxyl groups excluding tert-OH is 1. The normalized spacial score (nSPS) is 29.1. The van der Waals surface area contributed by atoms with E-state index in [2.05, 4.69) is 12.1 Å². The summed E-state index contributed by atoms with van der Waals surface area (Å²) in [7, 11) is 0. The van der Waals surface area contributed by atoms with Crippen molar-refractivity contribution >= 4 is 0 Å². The molecule has 0 radical (unpaired) electrons. The van der Waals surface area contributed by atoms with Crippen molar-refractivity contribution in [2.24, 2.45) is 0 Å². The van der Waals surface area contributed by atoms with Crippen LogP contribution in [0.3, 0.4) is 0 Å². The van der Waals surface area contributed by atoms with Crippen LogP contribution in [0.15, 0.2) is 30.3 Å². The second-order valence-electron chi connectivity index (χ2n) is 3.52. The Morgan fingerprint density at radius 3 is 2.42 bits per heavy atom. The molecule has 0 amide bonds. The van der Waals surface area contributed by atoms with E-state index in [1.807, 2.05) is 18.2 Å². The molecule has 0 saturated heterocycles. The van der Waals surface area contributed by atoms with Crippen LogP contribution in [0.2, 0.25) is 0 Å². The summed E-state index contributed by atoms with van der Waals surface area (Å²) in [6, 6.07) is 10.3. The lowest BCUT2D eigenvalue weighted by atomic mass is 9.96. The Balaban J connectivity index is 2.19. The van der Waals surface area contributed by atoms with Crippen LogP contribution in [0.4, 0.5) is 0 Å². The summed E-state index contributed by atoms with van der Waals surface area (Å²) in [5, 5.41) is 9.64. The molecule has 0 bridgehead atoms. The van der Waals surface area contributed by atoms with Gasteiger partial charge in [-0.25, -0.2) is 0 Å². The Bertz CT molecular complexity index is 242. The fourth-order valence-electron chi connectivity index (χ4n) is 2.03. The van der Waals surface area contributed by atoms with Gasteiger partial charge in [-0.2, -0.15) is 0 Å². The fraction of sp³-hybridized carbons (Fsp3) is 0.455. The molecule has 0 aromatic heterocycles. The average Bonchev–Trinajstić information content (AvgIpc) is 2.53. The summed E-state index contributed by atoms with van der Waals surface area (Å²) < 4.78 is 0. The Labute approximate surface area is 73.0 Å². The van der Waals surface area contributed by atoms with Crippen LogP contribution in [0.1, 0.15) is 30.7 Å². The van der Waals surface area contributed by atoms with E-state index in [0.717, 1.165) is 12.8 Å². The van der Waals surface area contributed by atoms with Gasteiger partial charge in [-0.3, -0.25) is 0 Å². The van der Waals surface area contributed by atoms with Crippen LogP contribution in [-0.2, 0) is 0 Å². The van der Waals surface area contributed by atoms with Crippen molar-refractivity contribution in [1.82, 2.24) is 0 Å². The maximum atomic E-state index is 9.64. The Morgan fingerprint density at radius 2 is 1.83 bits per heavy atom. The van der Waals surface area contributed by atoms with Crippen molar-refractivity contribution in [2.75, 3.05) is 0 Å². The van der Waals surface area contributed by atoms with E-state index >= 15 is 0 Å². The Hall–Kier alpha value is -0.820. The Kier molecular flexibility index (Phi) is 2.13. The predicted octanol–water partition coefficient (Wildman–Crippen LogP) is 2.32. The molecule has 1 aromatic carbocycles. The first-order valence-electron chi connectivity index (χ1n) is 4.61. The van der Waals surface area contributed by atoms with E-state index in [1.54, 1.807) is 0 Å². The number of hydrogen-bond acceptors (Lipinski definition) is 1. The zero-order valence-electron chi connectivity index (χ0n) is 7.11. The summed E-state index contributed by atoms with van der Waals surface area (Å²) in [5.74, 6) is 0.395. The molecule has 0 spiro atoms. The first-order valence-corrected chi connectivity index (χ1v) is 4.61. The minimum atomic E-state index is -0.104. The van der Waals surface area contributed by atoms with E-state index < -0.39 is 0 Å². The molecule has 0 heterocycles. The molecule has 1 N–H and O–H groups in total. The molecular weight excluding hydrogens is 148 g/mol. The molecule has 1 aromatic rings. The molecule has 1 heteroatoms. The standard InChI is InChI=1S/C11H14O/c12-11-8-4-7-10(11)9-5-2-1-3-6-9/h1-3,5-6,10-12H,4,7-8H2. The van der Waals surface area contributed by atoms with Gasteiger partial charge in [0.2, 0.25) is 0 Å². The van der Waals surface area contributed by atoms with Crippen LogP contribution < -0.4 is 0 Å². The van der Waals surface area contributed by atoms with Gasteiger partial charge in [0.05, 0.1) is 6.10 Å².